The fourth-order valence-electron chi connectivity index (χ4n) is 1.72. The molecule has 1 atom stereocenters. The van der Waals surface area contributed by atoms with E-state index >= 15 is 0 Å². The lowest BCUT2D eigenvalue weighted by Gasteiger charge is -2.20. The van der Waals surface area contributed by atoms with Crippen LogP contribution in [0.15, 0.2) is 33.6 Å². The molecule has 1 aliphatic rings. The smallest absolute Gasteiger partial charge is 0.446 e. The van der Waals surface area contributed by atoms with Crippen LogP contribution in [0.2, 0.25) is 0 Å². The van der Waals surface area contributed by atoms with E-state index in [9.17, 15) is 18.0 Å². The zero-order valence-electron chi connectivity index (χ0n) is 9.69. The van der Waals surface area contributed by atoms with E-state index in [4.69, 9.17) is 5.11 Å². The third-order valence-electron chi connectivity index (χ3n) is 2.51. The Balaban J connectivity index is 2.37. The van der Waals surface area contributed by atoms with Crippen LogP contribution < -0.4 is 0 Å². The van der Waals surface area contributed by atoms with E-state index < -0.39 is 11.5 Å². The molecule has 1 N–H and O–H groups in total. The van der Waals surface area contributed by atoms with E-state index in [0.29, 0.717) is 5.56 Å². The average molecular weight is 306 g/mol. The predicted octanol–water partition coefficient (Wildman–Crippen LogP) is 4.26. The number of benzene rings is 1. The van der Waals surface area contributed by atoms with Gasteiger partial charge in [-0.25, -0.2) is 4.79 Å². The summed E-state index contributed by atoms with van der Waals surface area (Å²) in [5, 5.41) is 8.81. The molecule has 0 saturated carbocycles. The quantitative estimate of drug-likeness (QED) is 0.828. The van der Waals surface area contributed by atoms with E-state index in [1.165, 1.54) is 30.0 Å². The minimum atomic E-state index is -4.34. The second kappa shape index (κ2) is 5.13. The first-order valence-electron chi connectivity index (χ1n) is 5.27. The van der Waals surface area contributed by atoms with Crippen molar-refractivity contribution in [2.75, 3.05) is 0 Å². The molecule has 0 aromatic heterocycles. The van der Waals surface area contributed by atoms with Crippen LogP contribution in [0.3, 0.4) is 0 Å². The summed E-state index contributed by atoms with van der Waals surface area (Å²) in [4.78, 5) is 11.9. The number of carbonyl (C=O) groups is 1. The minimum absolute atomic E-state index is 0.0578. The largest absolute Gasteiger partial charge is 0.478 e. The maximum atomic E-state index is 12.3. The number of fused-ring (bicyclic) bond motifs is 1. The van der Waals surface area contributed by atoms with Crippen LogP contribution in [0.5, 0.6) is 0 Å². The number of alkyl halides is 3. The number of carboxylic acid groups (broad SMARTS) is 1. The van der Waals surface area contributed by atoms with Crippen LogP contribution in [-0.4, -0.2) is 21.8 Å². The number of aliphatic carboxylic acids is 1. The monoisotopic (exact) mass is 306 g/mol. The van der Waals surface area contributed by atoms with E-state index in [-0.39, 0.29) is 27.5 Å². The molecule has 1 aliphatic heterocycles. The van der Waals surface area contributed by atoms with Crippen molar-refractivity contribution in [3.8, 4) is 0 Å². The van der Waals surface area contributed by atoms with Gasteiger partial charge in [0.25, 0.3) is 0 Å². The topological polar surface area (TPSA) is 37.3 Å². The fraction of sp³-hybridized carbons (Fsp3) is 0.250. The molecule has 102 valence electrons. The van der Waals surface area contributed by atoms with Gasteiger partial charge in [0, 0.05) is 15.0 Å². The molecule has 0 saturated heterocycles. The van der Waals surface area contributed by atoms with Gasteiger partial charge in [-0.1, -0.05) is 0 Å². The summed E-state index contributed by atoms with van der Waals surface area (Å²) >= 11 is 1.13. The highest BCUT2D eigenvalue weighted by Gasteiger charge is 2.30. The van der Waals surface area contributed by atoms with E-state index in [2.05, 4.69) is 0 Å². The van der Waals surface area contributed by atoms with Crippen molar-refractivity contribution in [1.82, 2.24) is 0 Å². The highest BCUT2D eigenvalue weighted by atomic mass is 32.2. The molecule has 0 radical (unpaired) electrons. The maximum Gasteiger partial charge on any atom is 0.446 e. The van der Waals surface area contributed by atoms with Crippen LogP contribution in [0, 0.1) is 0 Å². The molecule has 1 aromatic carbocycles. The second-order valence-electron chi connectivity index (χ2n) is 3.91. The fourth-order valence-corrected chi connectivity index (χ4v) is 3.38. The summed E-state index contributed by atoms with van der Waals surface area (Å²) in [6.45, 7) is 1.76. The molecule has 0 aliphatic carbocycles. The van der Waals surface area contributed by atoms with E-state index in [0.717, 1.165) is 4.90 Å². The summed E-state index contributed by atoms with van der Waals surface area (Å²) in [6, 6.07) is 4.37. The lowest BCUT2D eigenvalue weighted by Crippen LogP contribution is -2.14. The van der Waals surface area contributed by atoms with Crippen LogP contribution in [0.4, 0.5) is 13.2 Å². The van der Waals surface area contributed by atoms with Crippen molar-refractivity contribution >= 4 is 35.6 Å². The lowest BCUT2D eigenvalue weighted by molar-refractivity contribution is -0.132. The van der Waals surface area contributed by atoms with E-state index in [1.54, 1.807) is 13.0 Å². The molecule has 19 heavy (non-hydrogen) atoms. The third-order valence-corrected chi connectivity index (χ3v) is 4.47. The van der Waals surface area contributed by atoms with Gasteiger partial charge in [0.1, 0.15) is 0 Å². The van der Waals surface area contributed by atoms with Crippen molar-refractivity contribution in [2.24, 2.45) is 0 Å². The summed E-state index contributed by atoms with van der Waals surface area (Å²) < 4.78 is 36.9. The van der Waals surface area contributed by atoms with Gasteiger partial charge in [0.2, 0.25) is 0 Å². The second-order valence-corrected chi connectivity index (χ2v) is 6.43. The Bertz CT molecular complexity index is 552. The maximum absolute atomic E-state index is 12.3. The normalized spacial score (nSPS) is 18.7. The Morgan fingerprint density at radius 1 is 1.42 bits per heavy atom. The molecular formula is C12H9F3O2S2. The molecule has 0 spiro atoms. The van der Waals surface area contributed by atoms with Crippen molar-refractivity contribution in [2.45, 2.75) is 27.5 Å². The SMILES string of the molecule is CC1Sc2ccc(SC(F)(F)F)cc2C=C1C(=O)O. The summed E-state index contributed by atoms with van der Waals surface area (Å²) in [5.74, 6) is -1.04. The van der Waals surface area contributed by atoms with Gasteiger partial charge in [0.05, 0.1) is 5.57 Å². The predicted molar refractivity (Wildman–Crippen MR) is 69.3 cm³/mol. The van der Waals surface area contributed by atoms with Crippen molar-refractivity contribution in [1.29, 1.82) is 0 Å². The Morgan fingerprint density at radius 3 is 2.68 bits per heavy atom. The average Bonchev–Trinajstić information content (AvgIpc) is 2.26. The molecule has 0 amide bonds. The first-order valence-corrected chi connectivity index (χ1v) is 6.97. The number of hydrogen-bond acceptors (Lipinski definition) is 3. The summed E-state index contributed by atoms with van der Waals surface area (Å²) in [6.07, 6.45) is 1.44. The van der Waals surface area contributed by atoms with Gasteiger partial charge >= 0.3 is 11.5 Å². The Hall–Kier alpha value is -1.08. The molecule has 1 aromatic rings. The molecular weight excluding hydrogens is 297 g/mol. The van der Waals surface area contributed by atoms with Gasteiger partial charge in [-0.2, -0.15) is 13.2 Å². The van der Waals surface area contributed by atoms with E-state index in [1.807, 2.05) is 0 Å². The number of hydrogen-bond donors (Lipinski definition) is 1. The molecule has 7 heteroatoms. The zero-order valence-corrected chi connectivity index (χ0v) is 11.3. The van der Waals surface area contributed by atoms with Gasteiger partial charge in [0.15, 0.2) is 0 Å². The molecule has 1 unspecified atom stereocenters. The zero-order chi connectivity index (χ0) is 14.2. The summed E-state index contributed by atoms with van der Waals surface area (Å²) in [5.41, 5.74) is -3.62. The Labute approximate surface area is 116 Å². The standard InChI is InChI=1S/C12H9F3O2S2/c1-6-9(11(16)17)5-7-4-8(19-12(13,14)15)2-3-10(7)18-6/h2-6H,1H3,(H,16,17). The molecule has 2 nitrogen and oxygen atoms in total. The summed E-state index contributed by atoms with van der Waals surface area (Å²) in [7, 11) is 0. The number of halogens is 3. The van der Waals surface area contributed by atoms with Crippen molar-refractivity contribution in [3.05, 3.63) is 29.3 Å². The number of thioether (sulfide) groups is 2. The minimum Gasteiger partial charge on any atom is -0.478 e. The van der Waals surface area contributed by atoms with Gasteiger partial charge < -0.3 is 5.11 Å². The van der Waals surface area contributed by atoms with Crippen molar-refractivity contribution in [3.63, 3.8) is 0 Å². The van der Waals surface area contributed by atoms with Gasteiger partial charge in [-0.15, -0.1) is 11.8 Å². The lowest BCUT2D eigenvalue weighted by atomic mass is 10.1. The Morgan fingerprint density at radius 2 is 2.11 bits per heavy atom. The first kappa shape index (κ1) is 14.3. The van der Waals surface area contributed by atoms with Crippen LogP contribution in [0.25, 0.3) is 6.08 Å². The molecule has 1 heterocycles. The van der Waals surface area contributed by atoms with Crippen LogP contribution in [0.1, 0.15) is 12.5 Å². The molecule has 0 bridgehead atoms. The molecule has 0 fully saturated rings. The number of rotatable bonds is 2. The van der Waals surface area contributed by atoms with Gasteiger partial charge in [-0.05, 0) is 48.5 Å². The molecule has 2 rings (SSSR count). The van der Waals surface area contributed by atoms with Crippen LogP contribution in [-0.2, 0) is 4.79 Å². The third kappa shape index (κ3) is 3.48. The van der Waals surface area contributed by atoms with Crippen molar-refractivity contribution < 1.29 is 23.1 Å². The van der Waals surface area contributed by atoms with Gasteiger partial charge in [-0.3, -0.25) is 0 Å². The van der Waals surface area contributed by atoms with Crippen LogP contribution >= 0.6 is 23.5 Å². The first-order chi connectivity index (χ1) is 8.76. The highest BCUT2D eigenvalue weighted by Crippen LogP contribution is 2.42. The Kier molecular flexibility index (Phi) is 3.87. The highest BCUT2D eigenvalue weighted by molar-refractivity contribution is 8.00. The number of carboxylic acids is 1.